The van der Waals surface area contributed by atoms with E-state index in [0.717, 1.165) is 25.1 Å². The van der Waals surface area contributed by atoms with Crippen LogP contribution in [0.5, 0.6) is 0 Å². The first-order chi connectivity index (χ1) is 7.81. The topological polar surface area (TPSA) is 33.2 Å². The van der Waals surface area contributed by atoms with E-state index in [-0.39, 0.29) is 5.91 Å². The number of thiazole rings is 1. The molecule has 1 aromatic rings. The lowest BCUT2D eigenvalue weighted by atomic mass is 9.99. The molecule has 0 N–H and O–H groups in total. The maximum absolute atomic E-state index is 12.1. The van der Waals surface area contributed by atoms with Crippen molar-refractivity contribution in [3.05, 3.63) is 16.6 Å². The van der Waals surface area contributed by atoms with Crippen molar-refractivity contribution in [3.63, 3.8) is 0 Å². The highest BCUT2D eigenvalue weighted by molar-refractivity contribution is 7.07. The zero-order chi connectivity index (χ0) is 11.4. The lowest BCUT2D eigenvalue weighted by Gasteiger charge is -2.35. The van der Waals surface area contributed by atoms with Crippen molar-refractivity contribution in [2.75, 3.05) is 6.54 Å². The quantitative estimate of drug-likeness (QED) is 0.810. The summed E-state index contributed by atoms with van der Waals surface area (Å²) in [4.78, 5) is 18.4. The third kappa shape index (κ3) is 2.61. The van der Waals surface area contributed by atoms with Gasteiger partial charge < -0.3 is 4.90 Å². The number of amides is 1. The van der Waals surface area contributed by atoms with Crippen LogP contribution in [0.4, 0.5) is 0 Å². The maximum atomic E-state index is 12.1. The van der Waals surface area contributed by atoms with Crippen LogP contribution < -0.4 is 0 Å². The van der Waals surface area contributed by atoms with E-state index in [9.17, 15) is 4.79 Å². The summed E-state index contributed by atoms with van der Waals surface area (Å²) in [6, 6.07) is 0.458. The number of aromatic nitrogens is 1. The summed E-state index contributed by atoms with van der Waals surface area (Å²) in [5.41, 5.74) is 2.70. The summed E-state index contributed by atoms with van der Waals surface area (Å²) < 4.78 is 0. The van der Waals surface area contributed by atoms with Gasteiger partial charge in [0.15, 0.2) is 0 Å². The summed E-state index contributed by atoms with van der Waals surface area (Å²) in [7, 11) is 0. The molecule has 1 fully saturated rings. The third-order valence-electron chi connectivity index (χ3n) is 3.23. The molecule has 0 radical (unpaired) electrons. The van der Waals surface area contributed by atoms with Gasteiger partial charge in [-0.3, -0.25) is 4.79 Å². The van der Waals surface area contributed by atoms with E-state index in [1.165, 1.54) is 12.8 Å². The summed E-state index contributed by atoms with van der Waals surface area (Å²) in [5, 5.41) is 1.96. The van der Waals surface area contributed by atoms with E-state index in [0.29, 0.717) is 12.5 Å². The standard InChI is InChI=1S/C12H18N2OS/c1-2-11-5-3-4-6-14(11)12(15)7-10-8-16-9-13-10/h8-9,11H,2-7H2,1H3. The molecule has 1 atom stereocenters. The monoisotopic (exact) mass is 238 g/mol. The zero-order valence-electron chi connectivity index (χ0n) is 9.69. The van der Waals surface area contributed by atoms with E-state index >= 15 is 0 Å². The Balaban J connectivity index is 1.97. The Kier molecular flexibility index (Phi) is 3.93. The Hall–Kier alpha value is -0.900. The largest absolute Gasteiger partial charge is 0.339 e. The fourth-order valence-corrected chi connectivity index (χ4v) is 2.89. The van der Waals surface area contributed by atoms with E-state index in [4.69, 9.17) is 0 Å². The van der Waals surface area contributed by atoms with Crippen LogP contribution in [-0.2, 0) is 11.2 Å². The van der Waals surface area contributed by atoms with E-state index in [1.807, 2.05) is 5.38 Å². The first kappa shape index (κ1) is 11.6. The first-order valence-corrected chi connectivity index (χ1v) is 6.92. The van der Waals surface area contributed by atoms with E-state index in [1.54, 1.807) is 16.8 Å². The average Bonchev–Trinajstić information content (AvgIpc) is 2.81. The van der Waals surface area contributed by atoms with Crippen LogP contribution in [0.3, 0.4) is 0 Å². The van der Waals surface area contributed by atoms with Crippen molar-refractivity contribution in [3.8, 4) is 0 Å². The van der Waals surface area contributed by atoms with Crippen molar-refractivity contribution >= 4 is 17.2 Å². The Morgan fingerprint density at radius 1 is 1.62 bits per heavy atom. The predicted molar refractivity (Wildman–Crippen MR) is 65.5 cm³/mol. The molecule has 0 aliphatic carbocycles. The number of hydrogen-bond acceptors (Lipinski definition) is 3. The van der Waals surface area contributed by atoms with Crippen LogP contribution in [0.15, 0.2) is 10.9 Å². The van der Waals surface area contributed by atoms with Gasteiger partial charge in [-0.2, -0.15) is 0 Å². The molecule has 1 unspecified atom stereocenters. The Bertz CT molecular complexity index is 337. The summed E-state index contributed by atoms with van der Waals surface area (Å²) >= 11 is 1.55. The van der Waals surface area contributed by atoms with Crippen molar-refractivity contribution < 1.29 is 4.79 Å². The van der Waals surface area contributed by atoms with Crippen molar-refractivity contribution in [2.24, 2.45) is 0 Å². The molecule has 1 saturated heterocycles. The number of hydrogen-bond donors (Lipinski definition) is 0. The van der Waals surface area contributed by atoms with Crippen LogP contribution in [0.25, 0.3) is 0 Å². The summed E-state index contributed by atoms with van der Waals surface area (Å²) in [5.74, 6) is 0.248. The van der Waals surface area contributed by atoms with Crippen LogP contribution in [0, 0.1) is 0 Å². The molecule has 4 heteroatoms. The highest BCUT2D eigenvalue weighted by Gasteiger charge is 2.25. The fraction of sp³-hybridized carbons (Fsp3) is 0.667. The zero-order valence-corrected chi connectivity index (χ0v) is 10.5. The molecular formula is C12H18N2OS. The van der Waals surface area contributed by atoms with Gasteiger partial charge in [0.1, 0.15) is 0 Å². The van der Waals surface area contributed by atoms with Crippen LogP contribution in [0.2, 0.25) is 0 Å². The van der Waals surface area contributed by atoms with Gasteiger partial charge in [0, 0.05) is 18.0 Å². The summed E-state index contributed by atoms with van der Waals surface area (Å²) in [6.07, 6.45) is 5.13. The SMILES string of the molecule is CCC1CCCCN1C(=O)Cc1cscn1. The molecule has 1 amide bonds. The van der Waals surface area contributed by atoms with E-state index < -0.39 is 0 Å². The number of piperidine rings is 1. The Morgan fingerprint density at radius 2 is 2.50 bits per heavy atom. The van der Waals surface area contributed by atoms with Gasteiger partial charge in [0.05, 0.1) is 17.6 Å². The van der Waals surface area contributed by atoms with Crippen molar-refractivity contribution in [2.45, 2.75) is 45.1 Å². The van der Waals surface area contributed by atoms with Crippen molar-refractivity contribution in [1.29, 1.82) is 0 Å². The smallest absolute Gasteiger partial charge is 0.228 e. The second kappa shape index (κ2) is 5.43. The van der Waals surface area contributed by atoms with Gasteiger partial charge in [-0.15, -0.1) is 11.3 Å². The highest BCUT2D eigenvalue weighted by Crippen LogP contribution is 2.20. The fourth-order valence-electron chi connectivity index (χ4n) is 2.33. The lowest BCUT2D eigenvalue weighted by molar-refractivity contribution is -0.134. The average molecular weight is 238 g/mol. The number of carbonyl (C=O) groups is 1. The second-order valence-electron chi connectivity index (χ2n) is 4.30. The van der Waals surface area contributed by atoms with Gasteiger partial charge in [-0.05, 0) is 25.7 Å². The number of carbonyl (C=O) groups excluding carboxylic acids is 1. The highest BCUT2D eigenvalue weighted by atomic mass is 32.1. The molecule has 88 valence electrons. The van der Waals surface area contributed by atoms with Gasteiger partial charge in [0.2, 0.25) is 5.91 Å². The molecule has 2 rings (SSSR count). The van der Waals surface area contributed by atoms with Gasteiger partial charge in [0.25, 0.3) is 0 Å². The molecule has 0 bridgehead atoms. The molecule has 16 heavy (non-hydrogen) atoms. The second-order valence-corrected chi connectivity index (χ2v) is 5.02. The molecule has 0 spiro atoms. The van der Waals surface area contributed by atoms with Crippen LogP contribution in [-0.4, -0.2) is 28.4 Å². The normalized spacial score (nSPS) is 21.1. The summed E-state index contributed by atoms with van der Waals surface area (Å²) in [6.45, 7) is 3.10. The molecule has 1 aliphatic heterocycles. The lowest BCUT2D eigenvalue weighted by Crippen LogP contribution is -2.44. The molecule has 0 aromatic carbocycles. The van der Waals surface area contributed by atoms with Gasteiger partial charge in [-0.1, -0.05) is 6.92 Å². The van der Waals surface area contributed by atoms with Crippen LogP contribution in [0.1, 0.15) is 38.3 Å². The number of rotatable bonds is 3. The number of likely N-dealkylation sites (tertiary alicyclic amines) is 1. The minimum absolute atomic E-state index is 0.248. The van der Waals surface area contributed by atoms with Gasteiger partial charge >= 0.3 is 0 Å². The molecular weight excluding hydrogens is 220 g/mol. The van der Waals surface area contributed by atoms with Crippen LogP contribution >= 0.6 is 11.3 Å². The predicted octanol–water partition coefficient (Wildman–Crippen LogP) is 2.48. The molecule has 3 nitrogen and oxygen atoms in total. The minimum atomic E-state index is 0.248. The Labute approximate surface area is 100 Å². The van der Waals surface area contributed by atoms with Crippen molar-refractivity contribution in [1.82, 2.24) is 9.88 Å². The molecule has 1 aliphatic rings. The molecule has 2 heterocycles. The molecule has 1 aromatic heterocycles. The van der Waals surface area contributed by atoms with Gasteiger partial charge in [-0.25, -0.2) is 4.98 Å². The maximum Gasteiger partial charge on any atom is 0.228 e. The number of nitrogens with zero attached hydrogens (tertiary/aromatic N) is 2. The Morgan fingerprint density at radius 3 is 3.19 bits per heavy atom. The molecule has 0 saturated carbocycles. The first-order valence-electron chi connectivity index (χ1n) is 5.97. The van der Waals surface area contributed by atoms with E-state index in [2.05, 4.69) is 16.8 Å². The minimum Gasteiger partial charge on any atom is -0.339 e. The third-order valence-corrected chi connectivity index (χ3v) is 3.87.